The minimum atomic E-state index is -3.50. The lowest BCUT2D eigenvalue weighted by Gasteiger charge is -2.09. The molecule has 0 atom stereocenters. The summed E-state index contributed by atoms with van der Waals surface area (Å²) in [4.78, 5) is 20.3. The maximum absolute atomic E-state index is 12.6. The summed E-state index contributed by atoms with van der Waals surface area (Å²) >= 11 is 0. The Balaban J connectivity index is 1.61. The first-order valence-corrected chi connectivity index (χ1v) is 10.3. The van der Waals surface area contributed by atoms with E-state index in [0.717, 1.165) is 5.56 Å². The molecule has 0 aliphatic rings. The molecule has 0 fully saturated rings. The Kier molecular flexibility index (Phi) is 6.00. The molecule has 1 aromatic carbocycles. The SMILES string of the molecule is Cc1ncccc1CS(=O)(=O)c1ccc(NC(=O)NCc2cccnc2)cc1. The number of aromatic nitrogens is 2. The molecule has 0 aliphatic heterocycles. The predicted octanol–water partition coefficient (Wildman–Crippen LogP) is 3.08. The van der Waals surface area contributed by atoms with Crippen LogP contribution in [0.1, 0.15) is 16.8 Å². The van der Waals surface area contributed by atoms with E-state index in [4.69, 9.17) is 0 Å². The second kappa shape index (κ2) is 8.62. The summed E-state index contributed by atoms with van der Waals surface area (Å²) in [6, 6.07) is 12.8. The van der Waals surface area contributed by atoms with Gasteiger partial charge >= 0.3 is 6.03 Å². The fourth-order valence-corrected chi connectivity index (χ4v) is 4.00. The van der Waals surface area contributed by atoms with Gasteiger partial charge in [-0.15, -0.1) is 0 Å². The van der Waals surface area contributed by atoms with Crippen LogP contribution in [0.4, 0.5) is 10.5 Å². The van der Waals surface area contributed by atoms with Crippen LogP contribution in [0.5, 0.6) is 0 Å². The number of carbonyl (C=O) groups is 1. The van der Waals surface area contributed by atoms with E-state index in [1.165, 1.54) is 12.1 Å². The van der Waals surface area contributed by atoms with Crippen LogP contribution in [0, 0.1) is 6.92 Å². The lowest BCUT2D eigenvalue weighted by atomic mass is 10.2. The summed E-state index contributed by atoms with van der Waals surface area (Å²) in [5.74, 6) is -0.120. The van der Waals surface area contributed by atoms with E-state index in [1.54, 1.807) is 55.8 Å². The first-order chi connectivity index (χ1) is 13.4. The third kappa shape index (κ3) is 5.14. The van der Waals surface area contributed by atoms with Crippen LogP contribution in [0.3, 0.4) is 0 Å². The van der Waals surface area contributed by atoms with Crippen molar-refractivity contribution in [3.05, 3.63) is 83.9 Å². The molecule has 0 radical (unpaired) electrons. The number of pyridine rings is 2. The number of hydrogen-bond donors (Lipinski definition) is 2. The van der Waals surface area contributed by atoms with Crippen molar-refractivity contribution in [2.24, 2.45) is 0 Å². The third-order valence-electron chi connectivity index (χ3n) is 4.11. The quantitative estimate of drug-likeness (QED) is 0.667. The maximum Gasteiger partial charge on any atom is 0.319 e. The Bertz CT molecular complexity index is 1050. The number of carbonyl (C=O) groups excluding carboxylic acids is 1. The highest BCUT2D eigenvalue weighted by atomic mass is 32.2. The lowest BCUT2D eigenvalue weighted by Crippen LogP contribution is -2.28. The average Bonchev–Trinajstić information content (AvgIpc) is 2.69. The van der Waals surface area contributed by atoms with Crippen molar-refractivity contribution in [1.82, 2.24) is 15.3 Å². The summed E-state index contributed by atoms with van der Waals surface area (Å²) in [7, 11) is -3.50. The minimum Gasteiger partial charge on any atom is -0.334 e. The van der Waals surface area contributed by atoms with Gasteiger partial charge in [-0.1, -0.05) is 12.1 Å². The first kappa shape index (κ1) is 19.5. The van der Waals surface area contributed by atoms with Crippen LogP contribution < -0.4 is 10.6 Å². The number of urea groups is 1. The standard InChI is InChI=1S/C20H20N4O3S/c1-15-17(5-3-11-22-15)14-28(26,27)19-8-6-18(7-9-19)24-20(25)23-13-16-4-2-10-21-12-16/h2-12H,13-14H2,1H3,(H2,23,24,25). The van der Waals surface area contributed by atoms with Gasteiger partial charge in [0.1, 0.15) is 0 Å². The van der Waals surface area contributed by atoms with E-state index in [1.807, 2.05) is 6.07 Å². The monoisotopic (exact) mass is 396 g/mol. The van der Waals surface area contributed by atoms with Gasteiger partial charge in [-0.05, 0) is 54.4 Å². The summed E-state index contributed by atoms with van der Waals surface area (Å²) in [6.45, 7) is 2.12. The van der Waals surface area contributed by atoms with Crippen molar-refractivity contribution in [2.45, 2.75) is 24.1 Å². The molecule has 0 aliphatic carbocycles. The van der Waals surface area contributed by atoms with Gasteiger partial charge < -0.3 is 10.6 Å². The Morgan fingerprint density at radius 1 is 1.04 bits per heavy atom. The molecule has 2 amide bonds. The van der Waals surface area contributed by atoms with E-state index < -0.39 is 9.84 Å². The second-order valence-corrected chi connectivity index (χ2v) is 8.19. The number of hydrogen-bond acceptors (Lipinski definition) is 5. The van der Waals surface area contributed by atoms with Crippen LogP contribution in [0.25, 0.3) is 0 Å². The van der Waals surface area contributed by atoms with E-state index in [-0.39, 0.29) is 16.7 Å². The van der Waals surface area contributed by atoms with Gasteiger partial charge in [-0.25, -0.2) is 13.2 Å². The molecule has 0 spiro atoms. The zero-order chi connectivity index (χ0) is 20.0. The molecule has 144 valence electrons. The highest BCUT2D eigenvalue weighted by Gasteiger charge is 2.17. The topological polar surface area (TPSA) is 101 Å². The van der Waals surface area contributed by atoms with Crippen molar-refractivity contribution in [1.29, 1.82) is 0 Å². The normalized spacial score (nSPS) is 11.0. The predicted molar refractivity (Wildman–Crippen MR) is 106 cm³/mol. The molecule has 28 heavy (non-hydrogen) atoms. The Labute approximate surface area is 163 Å². The van der Waals surface area contributed by atoms with Crippen LogP contribution in [-0.2, 0) is 22.1 Å². The van der Waals surface area contributed by atoms with Crippen molar-refractivity contribution in [3.8, 4) is 0 Å². The summed E-state index contributed by atoms with van der Waals surface area (Å²) in [5, 5.41) is 5.39. The van der Waals surface area contributed by atoms with Crippen molar-refractivity contribution < 1.29 is 13.2 Å². The Hall–Kier alpha value is -3.26. The number of aryl methyl sites for hydroxylation is 1. The van der Waals surface area contributed by atoms with Gasteiger partial charge in [-0.3, -0.25) is 9.97 Å². The summed E-state index contributed by atoms with van der Waals surface area (Å²) in [5.41, 5.74) is 2.74. The molecule has 7 nitrogen and oxygen atoms in total. The highest BCUT2D eigenvalue weighted by Crippen LogP contribution is 2.20. The molecule has 0 saturated carbocycles. The average molecular weight is 396 g/mol. The van der Waals surface area contributed by atoms with Crippen LogP contribution in [-0.4, -0.2) is 24.4 Å². The molecular formula is C20H20N4O3S. The number of nitrogens with one attached hydrogen (secondary N) is 2. The van der Waals surface area contributed by atoms with Crippen LogP contribution in [0.2, 0.25) is 0 Å². The molecule has 0 bridgehead atoms. The molecule has 2 aromatic heterocycles. The number of amides is 2. The van der Waals surface area contributed by atoms with Gasteiger partial charge in [0, 0.05) is 36.5 Å². The zero-order valence-electron chi connectivity index (χ0n) is 15.3. The Morgan fingerprint density at radius 3 is 2.46 bits per heavy atom. The summed E-state index contributed by atoms with van der Waals surface area (Å²) in [6.07, 6.45) is 4.96. The Morgan fingerprint density at radius 2 is 1.79 bits per heavy atom. The number of sulfone groups is 1. The summed E-state index contributed by atoms with van der Waals surface area (Å²) < 4.78 is 25.2. The highest BCUT2D eigenvalue weighted by molar-refractivity contribution is 7.90. The van der Waals surface area contributed by atoms with E-state index >= 15 is 0 Å². The maximum atomic E-state index is 12.6. The molecule has 0 unspecified atom stereocenters. The number of anilines is 1. The zero-order valence-corrected chi connectivity index (χ0v) is 16.1. The molecule has 0 saturated heterocycles. The third-order valence-corrected chi connectivity index (χ3v) is 5.79. The molecule has 2 heterocycles. The van der Waals surface area contributed by atoms with E-state index in [0.29, 0.717) is 23.5 Å². The van der Waals surface area contributed by atoms with Crippen LogP contribution in [0.15, 0.2) is 72.0 Å². The molecule has 8 heteroatoms. The second-order valence-electron chi connectivity index (χ2n) is 6.20. The minimum absolute atomic E-state index is 0.120. The molecule has 3 rings (SSSR count). The van der Waals surface area contributed by atoms with Crippen LogP contribution >= 0.6 is 0 Å². The van der Waals surface area contributed by atoms with Crippen molar-refractivity contribution in [2.75, 3.05) is 5.32 Å². The van der Waals surface area contributed by atoms with Crippen molar-refractivity contribution in [3.63, 3.8) is 0 Å². The van der Waals surface area contributed by atoms with E-state index in [9.17, 15) is 13.2 Å². The first-order valence-electron chi connectivity index (χ1n) is 8.61. The number of benzene rings is 1. The molecule has 3 aromatic rings. The fourth-order valence-electron chi connectivity index (χ4n) is 2.56. The van der Waals surface area contributed by atoms with Gasteiger partial charge in [0.15, 0.2) is 9.84 Å². The molecule has 2 N–H and O–H groups in total. The van der Waals surface area contributed by atoms with Crippen molar-refractivity contribution >= 4 is 21.6 Å². The number of nitrogens with zero attached hydrogens (tertiary/aromatic N) is 2. The fraction of sp³-hybridized carbons (Fsp3) is 0.150. The number of rotatable bonds is 6. The van der Waals surface area contributed by atoms with Gasteiger partial charge in [-0.2, -0.15) is 0 Å². The largest absolute Gasteiger partial charge is 0.334 e. The van der Waals surface area contributed by atoms with E-state index in [2.05, 4.69) is 20.6 Å². The van der Waals surface area contributed by atoms with Gasteiger partial charge in [0.25, 0.3) is 0 Å². The van der Waals surface area contributed by atoms with Gasteiger partial charge in [0.2, 0.25) is 0 Å². The lowest BCUT2D eigenvalue weighted by molar-refractivity contribution is 0.251. The molecular weight excluding hydrogens is 376 g/mol. The smallest absolute Gasteiger partial charge is 0.319 e. The van der Waals surface area contributed by atoms with Gasteiger partial charge in [0.05, 0.1) is 10.6 Å².